The standard InChI is InChI=1S/C27H25FOP.BrH/c28-20-21-29-24-18-16-23(17-19-24)22-30(25-10-4-1-5-11-25,26-12-6-2-7-13-26)27-14-8-3-9-15-27;/h1-19H,20-22H2;1H/q+1;/p-1. The monoisotopic (exact) mass is 494 g/mol. The summed E-state index contributed by atoms with van der Waals surface area (Å²) >= 11 is 0. The summed E-state index contributed by atoms with van der Waals surface area (Å²) in [5, 5.41) is 4.08. The van der Waals surface area contributed by atoms with Crippen molar-refractivity contribution in [3.8, 4) is 5.75 Å². The van der Waals surface area contributed by atoms with Crippen molar-refractivity contribution in [2.75, 3.05) is 13.3 Å². The van der Waals surface area contributed by atoms with Crippen LogP contribution < -0.4 is 37.6 Å². The number of hydrogen-bond donors (Lipinski definition) is 0. The molecule has 0 amide bonds. The first kappa shape index (κ1) is 23.2. The summed E-state index contributed by atoms with van der Waals surface area (Å²) in [6.45, 7) is -0.388. The van der Waals surface area contributed by atoms with Crippen LogP contribution >= 0.6 is 7.26 Å². The summed E-state index contributed by atoms with van der Waals surface area (Å²) < 4.78 is 17.9. The fourth-order valence-electron chi connectivity index (χ4n) is 3.89. The molecule has 0 aliphatic heterocycles. The first-order valence-electron chi connectivity index (χ1n) is 10.2. The maximum absolute atomic E-state index is 12.4. The molecular formula is C27H25BrFOP. The van der Waals surface area contributed by atoms with Gasteiger partial charge in [0.25, 0.3) is 0 Å². The van der Waals surface area contributed by atoms with Gasteiger partial charge in [0.2, 0.25) is 0 Å². The third kappa shape index (κ3) is 5.23. The van der Waals surface area contributed by atoms with E-state index in [-0.39, 0.29) is 23.6 Å². The lowest BCUT2D eigenvalue weighted by Gasteiger charge is -2.28. The average Bonchev–Trinajstić information content (AvgIpc) is 2.84. The van der Waals surface area contributed by atoms with Crippen LogP contribution in [0.4, 0.5) is 4.39 Å². The Bertz CT molecular complexity index is 944. The fraction of sp³-hybridized carbons (Fsp3) is 0.111. The van der Waals surface area contributed by atoms with Crippen LogP contribution in [0.3, 0.4) is 0 Å². The second-order valence-corrected chi connectivity index (χ2v) is 10.6. The predicted molar refractivity (Wildman–Crippen MR) is 127 cm³/mol. The van der Waals surface area contributed by atoms with Gasteiger partial charge in [0.05, 0.1) is 6.16 Å². The van der Waals surface area contributed by atoms with Crippen molar-refractivity contribution < 1.29 is 26.1 Å². The van der Waals surface area contributed by atoms with E-state index in [1.165, 1.54) is 21.5 Å². The van der Waals surface area contributed by atoms with E-state index >= 15 is 0 Å². The van der Waals surface area contributed by atoms with Crippen molar-refractivity contribution >= 4 is 23.2 Å². The van der Waals surface area contributed by atoms with Crippen LogP contribution in [0.1, 0.15) is 5.56 Å². The molecule has 0 spiro atoms. The molecule has 1 nitrogen and oxygen atoms in total. The molecule has 0 aliphatic rings. The van der Waals surface area contributed by atoms with Gasteiger partial charge in [-0.25, -0.2) is 4.39 Å². The molecule has 4 aromatic carbocycles. The Morgan fingerprint density at radius 3 is 1.39 bits per heavy atom. The zero-order chi connectivity index (χ0) is 20.7. The minimum atomic E-state index is -1.91. The third-order valence-electron chi connectivity index (χ3n) is 5.28. The Morgan fingerprint density at radius 2 is 1.00 bits per heavy atom. The first-order valence-corrected chi connectivity index (χ1v) is 12.1. The van der Waals surface area contributed by atoms with E-state index in [0.29, 0.717) is 5.75 Å². The molecule has 4 rings (SSSR count). The van der Waals surface area contributed by atoms with Crippen molar-refractivity contribution in [1.29, 1.82) is 0 Å². The van der Waals surface area contributed by atoms with Crippen LogP contribution in [0.5, 0.6) is 5.75 Å². The maximum Gasteiger partial charge on any atom is 0.123 e. The maximum atomic E-state index is 12.4. The van der Waals surface area contributed by atoms with Crippen LogP contribution in [-0.2, 0) is 6.16 Å². The molecule has 0 heterocycles. The first-order chi connectivity index (χ1) is 14.8. The van der Waals surface area contributed by atoms with Gasteiger partial charge in [-0.05, 0) is 54.1 Å². The lowest BCUT2D eigenvalue weighted by atomic mass is 10.2. The third-order valence-corrected chi connectivity index (χ3v) is 9.66. The fourth-order valence-corrected chi connectivity index (χ4v) is 8.13. The highest BCUT2D eigenvalue weighted by molar-refractivity contribution is 7.95. The van der Waals surface area contributed by atoms with Gasteiger partial charge in [-0.15, -0.1) is 0 Å². The highest BCUT2D eigenvalue weighted by Gasteiger charge is 2.45. The molecule has 0 unspecified atom stereocenters. The van der Waals surface area contributed by atoms with Crippen LogP contribution in [0.25, 0.3) is 0 Å². The van der Waals surface area contributed by atoms with Crippen LogP contribution in [0, 0.1) is 0 Å². The smallest absolute Gasteiger partial charge is 0.123 e. The minimum absolute atomic E-state index is 0. The topological polar surface area (TPSA) is 9.23 Å². The summed E-state index contributed by atoms with van der Waals surface area (Å²) in [7, 11) is -1.91. The van der Waals surface area contributed by atoms with Crippen LogP contribution in [-0.4, -0.2) is 13.3 Å². The van der Waals surface area contributed by atoms with Crippen LogP contribution in [0.15, 0.2) is 115 Å². The minimum Gasteiger partial charge on any atom is -1.00 e. The quantitative estimate of drug-likeness (QED) is 0.342. The Hall–Kier alpha value is -2.48. The Kier molecular flexibility index (Phi) is 8.40. The summed E-state index contributed by atoms with van der Waals surface area (Å²) in [5.74, 6) is 0.708. The molecule has 158 valence electrons. The molecule has 4 heteroatoms. The van der Waals surface area contributed by atoms with Crippen molar-refractivity contribution in [3.05, 3.63) is 121 Å². The van der Waals surface area contributed by atoms with Gasteiger partial charge in [0.1, 0.15) is 42.2 Å². The highest BCUT2D eigenvalue weighted by atomic mass is 79.9. The molecule has 0 saturated carbocycles. The van der Waals surface area contributed by atoms with E-state index < -0.39 is 13.9 Å². The molecule has 0 radical (unpaired) electrons. The number of rotatable bonds is 8. The SMILES string of the molecule is FCCOc1ccc(C[P+](c2ccccc2)(c2ccccc2)c2ccccc2)cc1.[Br-]. The molecule has 0 aliphatic carbocycles. The molecule has 4 aromatic rings. The summed E-state index contributed by atoms with van der Waals surface area (Å²) in [6.07, 6.45) is 0.911. The molecule has 31 heavy (non-hydrogen) atoms. The number of alkyl halides is 1. The lowest BCUT2D eigenvalue weighted by Crippen LogP contribution is -3.00. The van der Waals surface area contributed by atoms with E-state index in [1.807, 2.05) is 12.1 Å². The molecular weight excluding hydrogens is 470 g/mol. The van der Waals surface area contributed by atoms with E-state index in [9.17, 15) is 4.39 Å². The van der Waals surface area contributed by atoms with Gasteiger partial charge in [0.15, 0.2) is 0 Å². The highest BCUT2D eigenvalue weighted by Crippen LogP contribution is 2.58. The number of hydrogen-bond acceptors (Lipinski definition) is 1. The molecule has 0 fully saturated rings. The largest absolute Gasteiger partial charge is 1.00 e. The Morgan fingerprint density at radius 1 is 0.581 bits per heavy atom. The van der Waals surface area contributed by atoms with E-state index in [2.05, 4.69) is 103 Å². The van der Waals surface area contributed by atoms with Gasteiger partial charge in [0, 0.05) is 0 Å². The molecule has 0 saturated heterocycles. The average molecular weight is 495 g/mol. The van der Waals surface area contributed by atoms with Gasteiger partial charge in [-0.1, -0.05) is 66.7 Å². The van der Waals surface area contributed by atoms with E-state index in [0.717, 1.165) is 6.16 Å². The van der Waals surface area contributed by atoms with Gasteiger partial charge in [-0.3, -0.25) is 0 Å². The molecule has 0 aromatic heterocycles. The lowest BCUT2D eigenvalue weighted by molar-refractivity contribution is -0.00000666. The molecule has 0 bridgehead atoms. The van der Waals surface area contributed by atoms with Crippen molar-refractivity contribution in [2.45, 2.75) is 6.16 Å². The van der Waals surface area contributed by atoms with E-state index in [1.54, 1.807) is 0 Å². The second-order valence-electron chi connectivity index (χ2n) is 7.16. The number of benzene rings is 4. The Labute approximate surface area is 195 Å². The zero-order valence-electron chi connectivity index (χ0n) is 17.2. The zero-order valence-corrected chi connectivity index (χ0v) is 19.7. The number of halogens is 2. The van der Waals surface area contributed by atoms with E-state index in [4.69, 9.17) is 4.74 Å². The van der Waals surface area contributed by atoms with Crippen molar-refractivity contribution in [1.82, 2.24) is 0 Å². The molecule has 0 atom stereocenters. The van der Waals surface area contributed by atoms with Gasteiger partial charge in [-0.2, -0.15) is 0 Å². The summed E-state index contributed by atoms with van der Waals surface area (Å²) in [4.78, 5) is 0. The van der Waals surface area contributed by atoms with Crippen molar-refractivity contribution in [2.24, 2.45) is 0 Å². The molecule has 0 N–H and O–H groups in total. The Balaban J connectivity index is 0.00000272. The van der Waals surface area contributed by atoms with Gasteiger partial charge >= 0.3 is 0 Å². The second kappa shape index (κ2) is 11.2. The predicted octanol–water partition coefficient (Wildman–Crippen LogP) is 2.53. The summed E-state index contributed by atoms with van der Waals surface area (Å²) in [6, 6.07) is 40.6. The number of ether oxygens (including phenoxy) is 1. The van der Waals surface area contributed by atoms with Crippen LogP contribution in [0.2, 0.25) is 0 Å². The normalized spacial score (nSPS) is 10.9. The van der Waals surface area contributed by atoms with Crippen molar-refractivity contribution in [3.63, 3.8) is 0 Å². The summed E-state index contributed by atoms with van der Waals surface area (Å²) in [5.41, 5.74) is 1.24. The van der Waals surface area contributed by atoms with Gasteiger partial charge < -0.3 is 21.7 Å².